The van der Waals surface area contributed by atoms with Gasteiger partial charge in [0.1, 0.15) is 11.5 Å². The van der Waals surface area contributed by atoms with Crippen LogP contribution in [-0.4, -0.2) is 24.6 Å². The third kappa shape index (κ3) is 3.77. The lowest BCUT2D eigenvalue weighted by molar-refractivity contribution is -0.118. The van der Waals surface area contributed by atoms with E-state index < -0.39 is 0 Å². The number of rotatable bonds is 5. The molecule has 1 heterocycles. The van der Waals surface area contributed by atoms with E-state index in [2.05, 4.69) is 10.3 Å². The Morgan fingerprint density at radius 1 is 1.09 bits per heavy atom. The van der Waals surface area contributed by atoms with E-state index in [4.69, 9.17) is 9.47 Å². The molecule has 0 aliphatic carbocycles. The van der Waals surface area contributed by atoms with Crippen LogP contribution in [0.3, 0.4) is 0 Å². The first kappa shape index (κ1) is 14.8. The van der Waals surface area contributed by atoms with Crippen LogP contribution in [0.15, 0.2) is 60.8 Å². The van der Waals surface area contributed by atoms with Crippen molar-refractivity contribution in [1.29, 1.82) is 0 Å². The molecule has 0 saturated carbocycles. The standard InChI is InChI=1S/C18H16N2O3/c1-22-15-6-8-16(9-7-15)23-12-18(21)20-14-5-4-13-3-2-10-19-17(13)11-14/h2-11H,12H2,1H3,(H,20,21). The van der Waals surface area contributed by atoms with E-state index in [-0.39, 0.29) is 12.5 Å². The molecule has 2 aromatic carbocycles. The minimum Gasteiger partial charge on any atom is -0.497 e. The summed E-state index contributed by atoms with van der Waals surface area (Å²) in [6, 6.07) is 16.5. The van der Waals surface area contributed by atoms with E-state index >= 15 is 0 Å². The Morgan fingerprint density at radius 3 is 2.65 bits per heavy atom. The van der Waals surface area contributed by atoms with Crippen LogP contribution in [0.4, 0.5) is 5.69 Å². The summed E-state index contributed by atoms with van der Waals surface area (Å²) in [5.74, 6) is 1.13. The number of pyridine rings is 1. The lowest BCUT2D eigenvalue weighted by atomic mass is 10.2. The molecule has 23 heavy (non-hydrogen) atoms. The fourth-order valence-electron chi connectivity index (χ4n) is 2.16. The number of benzene rings is 2. The highest BCUT2D eigenvalue weighted by molar-refractivity contribution is 5.94. The van der Waals surface area contributed by atoms with Gasteiger partial charge in [-0.25, -0.2) is 0 Å². The Balaban J connectivity index is 1.59. The highest BCUT2D eigenvalue weighted by Gasteiger charge is 2.05. The summed E-state index contributed by atoms with van der Waals surface area (Å²) >= 11 is 0. The molecule has 5 heteroatoms. The lowest BCUT2D eigenvalue weighted by Gasteiger charge is -2.08. The zero-order chi connectivity index (χ0) is 16.1. The van der Waals surface area contributed by atoms with Crippen molar-refractivity contribution in [3.05, 3.63) is 60.8 Å². The van der Waals surface area contributed by atoms with Crippen LogP contribution in [0.5, 0.6) is 11.5 Å². The number of amides is 1. The molecule has 0 bridgehead atoms. The minimum atomic E-state index is -0.226. The molecule has 116 valence electrons. The number of hydrogen-bond donors (Lipinski definition) is 1. The first-order valence-electron chi connectivity index (χ1n) is 7.16. The average Bonchev–Trinajstić information content (AvgIpc) is 2.60. The number of hydrogen-bond acceptors (Lipinski definition) is 4. The number of ether oxygens (including phenoxy) is 2. The normalized spacial score (nSPS) is 10.3. The predicted octanol–water partition coefficient (Wildman–Crippen LogP) is 3.26. The third-order valence-electron chi connectivity index (χ3n) is 3.32. The molecule has 5 nitrogen and oxygen atoms in total. The maximum atomic E-state index is 12.0. The second-order valence-electron chi connectivity index (χ2n) is 4.92. The summed E-state index contributed by atoms with van der Waals surface area (Å²) in [7, 11) is 1.60. The predicted molar refractivity (Wildman–Crippen MR) is 88.9 cm³/mol. The van der Waals surface area contributed by atoms with Crippen molar-refractivity contribution in [3.63, 3.8) is 0 Å². The first-order valence-corrected chi connectivity index (χ1v) is 7.16. The molecule has 1 N–H and O–H groups in total. The van der Waals surface area contributed by atoms with E-state index in [0.29, 0.717) is 11.4 Å². The maximum Gasteiger partial charge on any atom is 0.262 e. The fourth-order valence-corrected chi connectivity index (χ4v) is 2.16. The fraction of sp³-hybridized carbons (Fsp3) is 0.111. The molecule has 1 aromatic heterocycles. The number of nitrogens with zero attached hydrogens (tertiary/aromatic N) is 1. The SMILES string of the molecule is COc1ccc(OCC(=O)Nc2ccc3cccnc3c2)cc1. The molecular formula is C18H16N2O3. The Hall–Kier alpha value is -3.08. The van der Waals surface area contributed by atoms with Crippen LogP contribution in [0.25, 0.3) is 10.9 Å². The largest absolute Gasteiger partial charge is 0.497 e. The van der Waals surface area contributed by atoms with Crippen molar-refractivity contribution in [2.24, 2.45) is 0 Å². The van der Waals surface area contributed by atoms with Crippen LogP contribution in [0.2, 0.25) is 0 Å². The monoisotopic (exact) mass is 308 g/mol. The molecule has 0 unspecified atom stereocenters. The molecule has 0 fully saturated rings. The topological polar surface area (TPSA) is 60.5 Å². The zero-order valence-electron chi connectivity index (χ0n) is 12.7. The van der Waals surface area contributed by atoms with Gasteiger partial charge in [-0.3, -0.25) is 9.78 Å². The highest BCUT2D eigenvalue weighted by atomic mass is 16.5. The first-order chi connectivity index (χ1) is 11.2. The quantitative estimate of drug-likeness (QED) is 0.786. The number of carbonyl (C=O) groups is 1. The second-order valence-corrected chi connectivity index (χ2v) is 4.92. The van der Waals surface area contributed by atoms with Gasteiger partial charge in [0.15, 0.2) is 6.61 Å². The van der Waals surface area contributed by atoms with Gasteiger partial charge < -0.3 is 14.8 Å². The van der Waals surface area contributed by atoms with Gasteiger partial charge in [0.25, 0.3) is 5.91 Å². The number of anilines is 1. The van der Waals surface area contributed by atoms with E-state index in [1.807, 2.05) is 30.3 Å². The maximum absolute atomic E-state index is 12.0. The van der Waals surface area contributed by atoms with Crippen molar-refractivity contribution in [2.45, 2.75) is 0 Å². The summed E-state index contributed by atoms with van der Waals surface area (Å²) in [4.78, 5) is 16.2. The molecule has 0 aliphatic heterocycles. The summed E-state index contributed by atoms with van der Waals surface area (Å²) in [5.41, 5.74) is 1.53. The molecule has 0 aliphatic rings. The van der Waals surface area contributed by atoms with Crippen LogP contribution in [-0.2, 0) is 4.79 Å². The van der Waals surface area contributed by atoms with E-state index in [1.165, 1.54) is 0 Å². The number of fused-ring (bicyclic) bond motifs is 1. The number of nitrogens with one attached hydrogen (secondary N) is 1. The van der Waals surface area contributed by atoms with Gasteiger partial charge in [-0.1, -0.05) is 12.1 Å². The number of carbonyl (C=O) groups excluding carboxylic acids is 1. The van der Waals surface area contributed by atoms with Gasteiger partial charge in [-0.15, -0.1) is 0 Å². The second kappa shape index (κ2) is 6.79. The average molecular weight is 308 g/mol. The van der Waals surface area contributed by atoms with E-state index in [1.54, 1.807) is 37.6 Å². The van der Waals surface area contributed by atoms with Crippen LogP contribution >= 0.6 is 0 Å². The van der Waals surface area contributed by atoms with Crippen molar-refractivity contribution in [3.8, 4) is 11.5 Å². The molecule has 3 rings (SSSR count). The summed E-state index contributed by atoms with van der Waals surface area (Å²) in [5, 5.41) is 3.83. The highest BCUT2D eigenvalue weighted by Crippen LogP contribution is 2.18. The third-order valence-corrected chi connectivity index (χ3v) is 3.32. The molecule has 0 spiro atoms. The van der Waals surface area contributed by atoms with Crippen molar-refractivity contribution < 1.29 is 14.3 Å². The van der Waals surface area contributed by atoms with Crippen molar-refractivity contribution in [2.75, 3.05) is 19.0 Å². The number of aromatic nitrogens is 1. The summed E-state index contributed by atoms with van der Waals surface area (Å²) < 4.78 is 10.5. The Labute approximate surface area is 133 Å². The van der Waals surface area contributed by atoms with Crippen LogP contribution < -0.4 is 14.8 Å². The zero-order valence-corrected chi connectivity index (χ0v) is 12.7. The van der Waals surface area contributed by atoms with Gasteiger partial charge in [0.2, 0.25) is 0 Å². The molecule has 0 radical (unpaired) electrons. The van der Waals surface area contributed by atoms with Gasteiger partial charge in [-0.05, 0) is 42.5 Å². The van der Waals surface area contributed by atoms with E-state index in [9.17, 15) is 4.79 Å². The Morgan fingerprint density at radius 2 is 1.87 bits per heavy atom. The van der Waals surface area contributed by atoms with Crippen molar-refractivity contribution in [1.82, 2.24) is 4.98 Å². The minimum absolute atomic E-state index is 0.0629. The van der Waals surface area contributed by atoms with Crippen molar-refractivity contribution >= 4 is 22.5 Å². The lowest BCUT2D eigenvalue weighted by Crippen LogP contribution is -2.20. The van der Waals surface area contributed by atoms with Gasteiger partial charge in [-0.2, -0.15) is 0 Å². The molecular weight excluding hydrogens is 292 g/mol. The molecule has 3 aromatic rings. The van der Waals surface area contributed by atoms with Gasteiger partial charge in [0, 0.05) is 17.3 Å². The summed E-state index contributed by atoms with van der Waals surface area (Å²) in [6.07, 6.45) is 1.72. The van der Waals surface area contributed by atoms with E-state index in [0.717, 1.165) is 16.7 Å². The summed E-state index contributed by atoms with van der Waals surface area (Å²) in [6.45, 7) is -0.0629. The Kier molecular flexibility index (Phi) is 4.38. The number of methoxy groups -OCH3 is 1. The van der Waals surface area contributed by atoms with Gasteiger partial charge in [0.05, 0.1) is 12.6 Å². The smallest absolute Gasteiger partial charge is 0.262 e. The van der Waals surface area contributed by atoms with Gasteiger partial charge >= 0.3 is 0 Å². The van der Waals surface area contributed by atoms with Crippen LogP contribution in [0, 0.1) is 0 Å². The molecule has 0 atom stereocenters. The Bertz CT molecular complexity index is 816. The molecule has 0 saturated heterocycles. The van der Waals surface area contributed by atoms with Crippen LogP contribution in [0.1, 0.15) is 0 Å². The molecule has 1 amide bonds.